The summed E-state index contributed by atoms with van der Waals surface area (Å²) < 4.78 is 5.58. The molecule has 2 N–H and O–H groups in total. The molecule has 1 aromatic heterocycles. The number of hydrogen-bond donors (Lipinski definition) is 1. The van der Waals surface area contributed by atoms with Crippen molar-refractivity contribution in [2.24, 2.45) is 5.73 Å². The second-order valence-electron chi connectivity index (χ2n) is 5.06. The van der Waals surface area contributed by atoms with E-state index in [0.717, 1.165) is 37.1 Å². The average molecular weight is 250 g/mol. The van der Waals surface area contributed by atoms with E-state index in [1.54, 1.807) is 6.26 Å². The van der Waals surface area contributed by atoms with Gasteiger partial charge in [0.1, 0.15) is 11.8 Å². The zero-order valence-electron chi connectivity index (χ0n) is 11.2. The number of nitrogens with zero attached hydrogens (tertiary/aromatic N) is 1. The number of aryl methyl sites for hydroxylation is 1. The van der Waals surface area contributed by atoms with Crippen molar-refractivity contribution in [2.75, 3.05) is 6.54 Å². The topological polar surface area (TPSA) is 59.5 Å². The van der Waals surface area contributed by atoms with E-state index in [-0.39, 0.29) is 18.0 Å². The molecule has 4 heteroatoms. The smallest absolute Gasteiger partial charge is 0.223 e. The third-order valence-electron chi connectivity index (χ3n) is 3.62. The lowest BCUT2D eigenvalue weighted by molar-refractivity contribution is -0.133. The second-order valence-corrected chi connectivity index (χ2v) is 5.06. The fraction of sp³-hybridized carbons (Fsp3) is 0.643. The molecule has 0 aromatic carbocycles. The molecule has 2 rings (SSSR count). The van der Waals surface area contributed by atoms with E-state index in [2.05, 4.69) is 6.92 Å². The van der Waals surface area contributed by atoms with Gasteiger partial charge in [-0.25, -0.2) is 0 Å². The van der Waals surface area contributed by atoms with Crippen LogP contribution in [0.2, 0.25) is 0 Å². The summed E-state index contributed by atoms with van der Waals surface area (Å²) in [7, 11) is 0. The summed E-state index contributed by atoms with van der Waals surface area (Å²) in [5, 5.41) is 0. The van der Waals surface area contributed by atoms with Gasteiger partial charge in [0.05, 0.1) is 6.26 Å². The lowest BCUT2D eigenvalue weighted by Gasteiger charge is -2.32. The van der Waals surface area contributed by atoms with E-state index >= 15 is 0 Å². The van der Waals surface area contributed by atoms with Gasteiger partial charge in [-0.15, -0.1) is 0 Å². The van der Waals surface area contributed by atoms with Gasteiger partial charge in [0.2, 0.25) is 5.91 Å². The number of carbonyl (C=O) groups is 1. The maximum absolute atomic E-state index is 12.2. The Hall–Kier alpha value is -1.29. The Morgan fingerprint density at radius 2 is 2.33 bits per heavy atom. The van der Waals surface area contributed by atoms with Crippen LogP contribution >= 0.6 is 0 Å². The molecule has 0 bridgehead atoms. The molecule has 1 amide bonds. The van der Waals surface area contributed by atoms with Gasteiger partial charge in [0.25, 0.3) is 0 Å². The number of furan rings is 1. The van der Waals surface area contributed by atoms with Crippen LogP contribution in [0.3, 0.4) is 0 Å². The first-order chi connectivity index (χ1) is 8.65. The van der Waals surface area contributed by atoms with E-state index in [4.69, 9.17) is 10.2 Å². The van der Waals surface area contributed by atoms with Crippen molar-refractivity contribution in [2.45, 2.75) is 51.6 Å². The first kappa shape index (κ1) is 13.1. The summed E-state index contributed by atoms with van der Waals surface area (Å²) in [6, 6.07) is 1.80. The normalized spacial score (nSPS) is 25.3. The molecule has 2 unspecified atom stereocenters. The fourth-order valence-corrected chi connectivity index (χ4v) is 2.70. The number of carbonyl (C=O) groups excluding carboxylic acids is 1. The van der Waals surface area contributed by atoms with Gasteiger partial charge in [-0.3, -0.25) is 4.79 Å². The Kier molecular flexibility index (Phi) is 4.07. The summed E-state index contributed by atoms with van der Waals surface area (Å²) in [5.74, 6) is 1.05. The van der Waals surface area contributed by atoms with E-state index in [9.17, 15) is 4.79 Å². The molecule has 0 saturated carbocycles. The summed E-state index contributed by atoms with van der Waals surface area (Å²) in [6.45, 7) is 4.83. The van der Waals surface area contributed by atoms with Gasteiger partial charge in [-0.1, -0.05) is 6.92 Å². The molecular formula is C14H22N2O2. The quantitative estimate of drug-likeness (QED) is 0.896. The lowest BCUT2D eigenvalue weighted by Crippen LogP contribution is -2.42. The Morgan fingerprint density at radius 1 is 1.56 bits per heavy atom. The molecule has 1 aromatic rings. The molecule has 0 aliphatic carbocycles. The predicted octanol–water partition coefficient (Wildman–Crippen LogP) is 2.38. The summed E-state index contributed by atoms with van der Waals surface area (Å²) >= 11 is 0. The maximum atomic E-state index is 12.2. The van der Waals surface area contributed by atoms with Crippen LogP contribution in [-0.4, -0.2) is 23.4 Å². The van der Waals surface area contributed by atoms with Crippen molar-refractivity contribution in [3.05, 3.63) is 23.7 Å². The van der Waals surface area contributed by atoms with Crippen molar-refractivity contribution in [3.8, 4) is 0 Å². The van der Waals surface area contributed by atoms with Crippen LogP contribution in [0.25, 0.3) is 0 Å². The predicted molar refractivity (Wildman–Crippen MR) is 70.0 cm³/mol. The number of amides is 1. The van der Waals surface area contributed by atoms with Crippen molar-refractivity contribution in [1.82, 2.24) is 4.90 Å². The minimum absolute atomic E-state index is 0.0344. The molecule has 1 saturated heterocycles. The first-order valence-electron chi connectivity index (χ1n) is 6.74. The van der Waals surface area contributed by atoms with Gasteiger partial charge >= 0.3 is 0 Å². The van der Waals surface area contributed by atoms with Crippen LogP contribution in [0.15, 0.2) is 16.7 Å². The van der Waals surface area contributed by atoms with Crippen LogP contribution in [0.1, 0.15) is 50.0 Å². The number of likely N-dealkylation sites (tertiary alicyclic amines) is 1. The lowest BCUT2D eigenvalue weighted by atomic mass is 9.99. The molecule has 18 heavy (non-hydrogen) atoms. The summed E-state index contributed by atoms with van der Waals surface area (Å²) in [4.78, 5) is 14.1. The van der Waals surface area contributed by atoms with Crippen molar-refractivity contribution < 1.29 is 9.21 Å². The number of nitrogens with two attached hydrogens (primary N) is 1. The second kappa shape index (κ2) is 5.57. The van der Waals surface area contributed by atoms with Gasteiger partial charge in [-0.05, 0) is 37.8 Å². The maximum Gasteiger partial charge on any atom is 0.223 e. The molecule has 2 atom stereocenters. The van der Waals surface area contributed by atoms with Gasteiger partial charge < -0.3 is 15.1 Å². The molecular weight excluding hydrogens is 228 g/mol. The molecule has 1 aliphatic rings. The van der Waals surface area contributed by atoms with Crippen LogP contribution in [0.5, 0.6) is 0 Å². The first-order valence-corrected chi connectivity index (χ1v) is 6.74. The van der Waals surface area contributed by atoms with E-state index in [0.29, 0.717) is 6.42 Å². The highest BCUT2D eigenvalue weighted by atomic mass is 16.3. The molecule has 4 nitrogen and oxygen atoms in total. The van der Waals surface area contributed by atoms with Gasteiger partial charge in [-0.2, -0.15) is 0 Å². The van der Waals surface area contributed by atoms with E-state index in [1.807, 2.05) is 17.9 Å². The van der Waals surface area contributed by atoms with Gasteiger partial charge in [0, 0.05) is 19.0 Å². The average Bonchev–Trinajstić information content (AvgIpc) is 2.69. The molecule has 100 valence electrons. The monoisotopic (exact) mass is 250 g/mol. The zero-order chi connectivity index (χ0) is 13.1. The minimum atomic E-state index is -0.102. The standard InChI is InChI=1S/C14H22N2O2/c1-3-8-16-12(17)6-4-5-11(15)13(16)14-10(2)7-9-18-14/h7,9,11,13H,3-6,8,15H2,1-2H3. The highest BCUT2D eigenvalue weighted by molar-refractivity contribution is 5.77. The zero-order valence-corrected chi connectivity index (χ0v) is 11.2. The Bertz CT molecular complexity index is 414. The van der Waals surface area contributed by atoms with E-state index in [1.165, 1.54) is 0 Å². The molecule has 2 heterocycles. The van der Waals surface area contributed by atoms with Gasteiger partial charge in [0.15, 0.2) is 0 Å². The minimum Gasteiger partial charge on any atom is -0.467 e. The Balaban J connectivity index is 2.36. The van der Waals surface area contributed by atoms with Crippen LogP contribution in [0.4, 0.5) is 0 Å². The number of rotatable bonds is 3. The van der Waals surface area contributed by atoms with Crippen LogP contribution in [-0.2, 0) is 4.79 Å². The molecule has 1 fully saturated rings. The third kappa shape index (κ3) is 2.43. The van der Waals surface area contributed by atoms with Crippen molar-refractivity contribution >= 4 is 5.91 Å². The Morgan fingerprint density at radius 3 is 2.94 bits per heavy atom. The van der Waals surface area contributed by atoms with Crippen LogP contribution < -0.4 is 5.73 Å². The SMILES string of the molecule is CCCN1C(=O)CCCC(N)C1c1occc1C. The van der Waals surface area contributed by atoms with Crippen molar-refractivity contribution in [3.63, 3.8) is 0 Å². The molecule has 0 spiro atoms. The third-order valence-corrected chi connectivity index (χ3v) is 3.62. The largest absolute Gasteiger partial charge is 0.467 e. The Labute approximate surface area is 108 Å². The molecule has 1 aliphatic heterocycles. The highest BCUT2D eigenvalue weighted by Gasteiger charge is 2.34. The van der Waals surface area contributed by atoms with E-state index < -0.39 is 0 Å². The van der Waals surface area contributed by atoms with Crippen LogP contribution in [0, 0.1) is 6.92 Å². The summed E-state index contributed by atoms with van der Waals surface area (Å²) in [5.41, 5.74) is 7.34. The summed E-state index contributed by atoms with van der Waals surface area (Å²) in [6.07, 6.45) is 4.96. The van der Waals surface area contributed by atoms with Crippen molar-refractivity contribution in [1.29, 1.82) is 0 Å². The molecule has 0 radical (unpaired) electrons. The fourth-order valence-electron chi connectivity index (χ4n) is 2.70. The highest BCUT2D eigenvalue weighted by Crippen LogP contribution is 2.32. The number of hydrogen-bond acceptors (Lipinski definition) is 3.